The van der Waals surface area contributed by atoms with E-state index in [9.17, 15) is 4.79 Å². The Kier molecular flexibility index (Phi) is 7.05. The van der Waals surface area contributed by atoms with Crippen LogP contribution in [0.5, 0.6) is 0 Å². The van der Waals surface area contributed by atoms with E-state index >= 15 is 0 Å². The Morgan fingerprint density at radius 1 is 1.56 bits per heavy atom. The Hall–Kier alpha value is -1.40. The van der Waals surface area contributed by atoms with Crippen molar-refractivity contribution in [3.63, 3.8) is 0 Å². The molecule has 1 rings (SSSR count). The van der Waals surface area contributed by atoms with Crippen LogP contribution in [0, 0.1) is 5.92 Å². The van der Waals surface area contributed by atoms with Crippen LogP contribution >= 0.6 is 0 Å². The minimum absolute atomic E-state index is 0.0124. The van der Waals surface area contributed by atoms with E-state index in [1.807, 2.05) is 16.9 Å². The average molecular weight is 254 g/mol. The van der Waals surface area contributed by atoms with Gasteiger partial charge in [0.1, 0.15) is 0 Å². The number of methoxy groups -OCH3 is 1. The van der Waals surface area contributed by atoms with Crippen molar-refractivity contribution in [1.29, 1.82) is 0 Å². The predicted molar refractivity (Wildman–Crippen MR) is 69.1 cm³/mol. The average Bonchev–Trinajstić information content (AvgIpc) is 2.85. The Labute approximate surface area is 108 Å². The number of nitrogens with one attached hydrogen (secondary N) is 2. The third kappa shape index (κ3) is 6.36. The summed E-state index contributed by atoms with van der Waals surface area (Å²) in [6.45, 7) is 5.18. The maximum Gasteiger partial charge on any atom is 0.233 e. The van der Waals surface area contributed by atoms with Gasteiger partial charge in [-0.05, 0) is 12.0 Å². The van der Waals surface area contributed by atoms with E-state index in [2.05, 4.69) is 22.7 Å². The summed E-state index contributed by atoms with van der Waals surface area (Å²) in [6, 6.07) is 1.89. The van der Waals surface area contributed by atoms with E-state index in [4.69, 9.17) is 4.74 Å². The molecule has 0 aliphatic rings. The fraction of sp³-hybridized carbons (Fsp3) is 0.667. The summed E-state index contributed by atoms with van der Waals surface area (Å²) in [5.41, 5.74) is 0. The van der Waals surface area contributed by atoms with E-state index in [0.29, 0.717) is 32.2 Å². The Bertz CT molecular complexity index is 327. The summed E-state index contributed by atoms with van der Waals surface area (Å²) in [4.78, 5) is 11.5. The van der Waals surface area contributed by atoms with Crippen molar-refractivity contribution in [2.45, 2.75) is 13.5 Å². The van der Waals surface area contributed by atoms with E-state index < -0.39 is 0 Å². The Morgan fingerprint density at radius 3 is 3.06 bits per heavy atom. The number of amides is 1. The van der Waals surface area contributed by atoms with Crippen LogP contribution in [0.25, 0.3) is 0 Å². The van der Waals surface area contributed by atoms with Gasteiger partial charge in [-0.15, -0.1) is 0 Å². The van der Waals surface area contributed by atoms with Crippen LogP contribution in [0.1, 0.15) is 6.92 Å². The van der Waals surface area contributed by atoms with Crippen LogP contribution in [-0.4, -0.2) is 49.0 Å². The molecule has 6 nitrogen and oxygen atoms in total. The van der Waals surface area contributed by atoms with Crippen LogP contribution in [0.4, 0.5) is 0 Å². The van der Waals surface area contributed by atoms with Gasteiger partial charge in [0.15, 0.2) is 0 Å². The lowest BCUT2D eigenvalue weighted by Gasteiger charge is -2.13. The van der Waals surface area contributed by atoms with E-state index in [0.717, 1.165) is 6.54 Å². The summed E-state index contributed by atoms with van der Waals surface area (Å²) in [6.07, 6.45) is 3.68. The normalized spacial score (nSPS) is 12.3. The molecular weight excluding hydrogens is 232 g/mol. The maximum atomic E-state index is 11.5. The molecule has 18 heavy (non-hydrogen) atoms. The molecule has 1 atom stereocenters. The second kappa shape index (κ2) is 8.66. The van der Waals surface area contributed by atoms with Crippen molar-refractivity contribution in [3.8, 4) is 0 Å². The van der Waals surface area contributed by atoms with E-state index in [-0.39, 0.29) is 5.91 Å². The molecule has 0 radical (unpaired) electrons. The maximum absolute atomic E-state index is 11.5. The molecule has 0 spiro atoms. The first-order valence-corrected chi connectivity index (χ1v) is 6.16. The fourth-order valence-corrected chi connectivity index (χ4v) is 1.52. The number of hydrogen-bond donors (Lipinski definition) is 2. The van der Waals surface area contributed by atoms with E-state index in [1.54, 1.807) is 13.3 Å². The number of carbonyl (C=O) groups excluding carboxylic acids is 1. The zero-order valence-electron chi connectivity index (χ0n) is 11.1. The molecule has 0 fully saturated rings. The van der Waals surface area contributed by atoms with Gasteiger partial charge in [0.05, 0.1) is 13.2 Å². The standard InChI is InChI=1S/C12H22N4O2/c1-11(10-16-6-3-4-15-16)8-14-12(17)9-13-5-7-18-2/h3-4,6,11,13H,5,7-10H2,1-2H3,(H,14,17). The van der Waals surface area contributed by atoms with Crippen LogP contribution in [0.2, 0.25) is 0 Å². The molecule has 1 amide bonds. The molecule has 1 heterocycles. The quantitative estimate of drug-likeness (QED) is 0.602. The van der Waals surface area contributed by atoms with Gasteiger partial charge in [-0.1, -0.05) is 6.92 Å². The molecule has 0 saturated carbocycles. The van der Waals surface area contributed by atoms with Crippen LogP contribution < -0.4 is 10.6 Å². The Morgan fingerprint density at radius 2 is 2.39 bits per heavy atom. The topological polar surface area (TPSA) is 68.2 Å². The van der Waals surface area contributed by atoms with Gasteiger partial charge < -0.3 is 15.4 Å². The second-order valence-corrected chi connectivity index (χ2v) is 4.31. The van der Waals surface area contributed by atoms with Crippen molar-refractivity contribution in [2.24, 2.45) is 5.92 Å². The third-order valence-electron chi connectivity index (χ3n) is 2.47. The zero-order valence-corrected chi connectivity index (χ0v) is 11.1. The summed E-state index contributed by atoms with van der Waals surface area (Å²) in [7, 11) is 1.64. The minimum Gasteiger partial charge on any atom is -0.383 e. The minimum atomic E-state index is 0.0124. The molecule has 102 valence electrons. The fourth-order valence-electron chi connectivity index (χ4n) is 1.52. The zero-order chi connectivity index (χ0) is 13.2. The molecular formula is C12H22N4O2. The van der Waals surface area contributed by atoms with Gasteiger partial charge in [-0.25, -0.2) is 0 Å². The van der Waals surface area contributed by atoms with E-state index in [1.165, 1.54) is 0 Å². The first-order chi connectivity index (χ1) is 8.72. The van der Waals surface area contributed by atoms with Crippen LogP contribution in [-0.2, 0) is 16.1 Å². The van der Waals surface area contributed by atoms with Crippen molar-refractivity contribution in [2.75, 3.05) is 33.4 Å². The summed E-state index contributed by atoms with van der Waals surface area (Å²) < 4.78 is 6.75. The highest BCUT2D eigenvalue weighted by Crippen LogP contribution is 1.97. The molecule has 2 N–H and O–H groups in total. The second-order valence-electron chi connectivity index (χ2n) is 4.31. The number of hydrogen-bond acceptors (Lipinski definition) is 4. The highest BCUT2D eigenvalue weighted by Gasteiger charge is 2.06. The molecule has 1 aromatic heterocycles. The monoisotopic (exact) mass is 254 g/mol. The number of carbonyl (C=O) groups is 1. The lowest BCUT2D eigenvalue weighted by atomic mass is 10.2. The number of ether oxygens (including phenoxy) is 1. The smallest absolute Gasteiger partial charge is 0.233 e. The van der Waals surface area contributed by atoms with Crippen molar-refractivity contribution < 1.29 is 9.53 Å². The van der Waals surface area contributed by atoms with Gasteiger partial charge in [0.2, 0.25) is 5.91 Å². The number of nitrogens with zero attached hydrogens (tertiary/aromatic N) is 2. The molecule has 0 saturated heterocycles. The van der Waals surface area contributed by atoms with Crippen molar-refractivity contribution in [3.05, 3.63) is 18.5 Å². The largest absolute Gasteiger partial charge is 0.383 e. The lowest BCUT2D eigenvalue weighted by molar-refractivity contribution is -0.120. The molecule has 0 aliphatic carbocycles. The predicted octanol–water partition coefficient (Wildman–Crippen LogP) is -0.129. The first kappa shape index (κ1) is 14.7. The molecule has 6 heteroatoms. The molecule has 1 aromatic rings. The van der Waals surface area contributed by atoms with Gasteiger partial charge >= 0.3 is 0 Å². The Balaban J connectivity index is 2.06. The van der Waals surface area contributed by atoms with Crippen LogP contribution in [0.3, 0.4) is 0 Å². The highest BCUT2D eigenvalue weighted by atomic mass is 16.5. The third-order valence-corrected chi connectivity index (χ3v) is 2.47. The lowest BCUT2D eigenvalue weighted by Crippen LogP contribution is -2.37. The SMILES string of the molecule is COCCNCC(=O)NCC(C)Cn1cccn1. The first-order valence-electron chi connectivity index (χ1n) is 6.16. The van der Waals surface area contributed by atoms with Gasteiger partial charge in [-0.3, -0.25) is 9.48 Å². The number of aromatic nitrogens is 2. The summed E-state index contributed by atoms with van der Waals surface area (Å²) >= 11 is 0. The van der Waals surface area contributed by atoms with Gasteiger partial charge in [0.25, 0.3) is 0 Å². The van der Waals surface area contributed by atoms with Crippen molar-refractivity contribution in [1.82, 2.24) is 20.4 Å². The molecule has 0 aromatic carbocycles. The summed E-state index contributed by atoms with van der Waals surface area (Å²) in [5, 5.41) is 10.0. The summed E-state index contributed by atoms with van der Waals surface area (Å²) in [5.74, 6) is 0.367. The molecule has 0 bridgehead atoms. The number of rotatable bonds is 9. The van der Waals surface area contributed by atoms with Crippen molar-refractivity contribution >= 4 is 5.91 Å². The van der Waals surface area contributed by atoms with Crippen LogP contribution in [0.15, 0.2) is 18.5 Å². The van der Waals surface area contributed by atoms with Gasteiger partial charge in [0, 0.05) is 39.1 Å². The highest BCUT2D eigenvalue weighted by molar-refractivity contribution is 5.77. The molecule has 0 aliphatic heterocycles. The van der Waals surface area contributed by atoms with Gasteiger partial charge in [-0.2, -0.15) is 5.10 Å². The molecule has 1 unspecified atom stereocenters.